The van der Waals surface area contributed by atoms with Gasteiger partial charge in [-0.2, -0.15) is 0 Å². The molecular formula is C26H25ClN4O2S2. The summed E-state index contributed by atoms with van der Waals surface area (Å²) >= 11 is 13.0. The molecular weight excluding hydrogens is 500 g/mol. The minimum absolute atomic E-state index is 0.191. The van der Waals surface area contributed by atoms with Crippen LogP contribution in [0.4, 0.5) is 5.82 Å². The third-order valence-electron chi connectivity index (χ3n) is 6.50. The smallest absolute Gasteiger partial charge is 0.267 e. The van der Waals surface area contributed by atoms with Crippen molar-refractivity contribution in [1.82, 2.24) is 14.3 Å². The van der Waals surface area contributed by atoms with Crippen molar-refractivity contribution in [2.45, 2.75) is 33.2 Å². The molecule has 2 aliphatic rings. The zero-order chi connectivity index (χ0) is 24.7. The van der Waals surface area contributed by atoms with E-state index in [2.05, 4.69) is 11.8 Å². The van der Waals surface area contributed by atoms with Crippen molar-refractivity contribution in [3.05, 3.63) is 79.6 Å². The van der Waals surface area contributed by atoms with Crippen LogP contribution in [0.15, 0.2) is 52.3 Å². The molecule has 35 heavy (non-hydrogen) atoms. The zero-order valence-corrected chi connectivity index (χ0v) is 21.9. The molecule has 0 radical (unpaired) electrons. The van der Waals surface area contributed by atoms with Gasteiger partial charge in [-0.1, -0.05) is 66.8 Å². The van der Waals surface area contributed by atoms with Gasteiger partial charge in [-0.15, -0.1) is 0 Å². The first kappa shape index (κ1) is 24.0. The number of aromatic nitrogens is 2. The van der Waals surface area contributed by atoms with E-state index < -0.39 is 0 Å². The van der Waals surface area contributed by atoms with Gasteiger partial charge in [0, 0.05) is 24.3 Å². The fourth-order valence-electron chi connectivity index (χ4n) is 4.40. The number of halogens is 1. The molecule has 3 aromatic rings. The molecule has 0 bridgehead atoms. The summed E-state index contributed by atoms with van der Waals surface area (Å²) in [5, 5.41) is 0.583. The van der Waals surface area contributed by atoms with Crippen molar-refractivity contribution in [3.63, 3.8) is 0 Å². The summed E-state index contributed by atoms with van der Waals surface area (Å²) < 4.78 is 2.00. The fraction of sp³-hybridized carbons (Fsp3) is 0.308. The summed E-state index contributed by atoms with van der Waals surface area (Å²) in [6.45, 7) is 6.11. The molecule has 1 aromatic carbocycles. The third kappa shape index (κ3) is 4.75. The van der Waals surface area contributed by atoms with E-state index in [0.717, 1.165) is 37.1 Å². The Hall–Kier alpha value is -2.68. The number of amides is 1. The molecule has 0 unspecified atom stereocenters. The maximum absolute atomic E-state index is 13.7. The van der Waals surface area contributed by atoms with E-state index in [1.165, 1.54) is 16.7 Å². The van der Waals surface area contributed by atoms with E-state index in [0.29, 0.717) is 37.2 Å². The van der Waals surface area contributed by atoms with Crippen LogP contribution in [0.5, 0.6) is 0 Å². The predicted octanol–water partition coefficient (Wildman–Crippen LogP) is 5.29. The van der Waals surface area contributed by atoms with E-state index in [-0.39, 0.29) is 18.0 Å². The van der Waals surface area contributed by atoms with Crippen LogP contribution < -0.4 is 10.5 Å². The molecule has 5 rings (SSSR count). The molecule has 0 saturated carbocycles. The van der Waals surface area contributed by atoms with Gasteiger partial charge in [0.15, 0.2) is 0 Å². The Morgan fingerprint density at radius 3 is 2.66 bits per heavy atom. The van der Waals surface area contributed by atoms with E-state index in [9.17, 15) is 9.59 Å². The number of hydrogen-bond acceptors (Lipinski definition) is 6. The second kappa shape index (κ2) is 9.76. The second-order valence-electron chi connectivity index (χ2n) is 9.12. The zero-order valence-electron chi connectivity index (χ0n) is 19.5. The van der Waals surface area contributed by atoms with Gasteiger partial charge >= 0.3 is 0 Å². The Morgan fingerprint density at radius 2 is 1.91 bits per heavy atom. The summed E-state index contributed by atoms with van der Waals surface area (Å²) in [5.41, 5.74) is 2.60. The van der Waals surface area contributed by atoms with Crippen LogP contribution in [0.25, 0.3) is 11.7 Å². The summed E-state index contributed by atoms with van der Waals surface area (Å²) in [5.74, 6) is 1.04. The number of rotatable bonds is 4. The number of carbonyl (C=O) groups excluding carboxylic acids is 1. The number of anilines is 1. The average molecular weight is 525 g/mol. The van der Waals surface area contributed by atoms with Crippen molar-refractivity contribution in [2.24, 2.45) is 5.92 Å². The number of nitrogens with zero attached hydrogens (tertiary/aromatic N) is 4. The molecule has 6 nitrogen and oxygen atoms in total. The minimum Gasteiger partial charge on any atom is -0.356 e. The van der Waals surface area contributed by atoms with Crippen molar-refractivity contribution in [2.75, 3.05) is 18.0 Å². The van der Waals surface area contributed by atoms with Gasteiger partial charge in [-0.25, -0.2) is 4.98 Å². The maximum Gasteiger partial charge on any atom is 0.267 e. The molecule has 4 heterocycles. The normalized spacial score (nSPS) is 18.3. The number of benzene rings is 1. The van der Waals surface area contributed by atoms with Crippen molar-refractivity contribution < 1.29 is 4.79 Å². The lowest BCUT2D eigenvalue weighted by Gasteiger charge is -2.32. The number of thioether (sulfide) groups is 1. The SMILES string of the molecule is Cc1ccc2nc(N3CCC(C)CC3)c(C=C3SC(=S)N(Cc4ccccc4Cl)C3=O)c(=O)n2c1. The van der Waals surface area contributed by atoms with Gasteiger partial charge in [0.2, 0.25) is 0 Å². The Labute approximate surface area is 218 Å². The Kier molecular flexibility index (Phi) is 6.70. The van der Waals surface area contributed by atoms with Gasteiger partial charge < -0.3 is 4.90 Å². The number of pyridine rings is 1. The summed E-state index contributed by atoms with van der Waals surface area (Å²) in [6.07, 6.45) is 5.53. The number of piperidine rings is 1. The minimum atomic E-state index is -0.230. The van der Waals surface area contributed by atoms with Crippen LogP contribution in [-0.4, -0.2) is 37.6 Å². The highest BCUT2D eigenvalue weighted by atomic mass is 35.5. The fourth-order valence-corrected chi connectivity index (χ4v) is 5.83. The second-order valence-corrected chi connectivity index (χ2v) is 11.2. The first-order valence-electron chi connectivity index (χ1n) is 11.6. The molecule has 2 aliphatic heterocycles. The van der Waals surface area contributed by atoms with Crippen molar-refractivity contribution in [3.8, 4) is 0 Å². The van der Waals surface area contributed by atoms with E-state index in [1.807, 2.05) is 37.3 Å². The maximum atomic E-state index is 13.7. The largest absolute Gasteiger partial charge is 0.356 e. The van der Waals surface area contributed by atoms with Gasteiger partial charge in [-0.05, 0) is 55.0 Å². The number of carbonyl (C=O) groups is 1. The van der Waals surface area contributed by atoms with Gasteiger partial charge in [0.1, 0.15) is 15.8 Å². The first-order chi connectivity index (χ1) is 16.8. The van der Waals surface area contributed by atoms with Gasteiger partial charge in [-0.3, -0.25) is 18.9 Å². The highest BCUT2D eigenvalue weighted by Crippen LogP contribution is 2.35. The molecule has 0 atom stereocenters. The molecule has 2 saturated heterocycles. The first-order valence-corrected chi connectivity index (χ1v) is 13.2. The van der Waals surface area contributed by atoms with Crippen LogP contribution in [0.2, 0.25) is 5.02 Å². The molecule has 0 aliphatic carbocycles. The molecule has 0 spiro atoms. The van der Waals surface area contributed by atoms with Crippen molar-refractivity contribution in [1.29, 1.82) is 0 Å². The summed E-state index contributed by atoms with van der Waals surface area (Å²) in [7, 11) is 0. The lowest BCUT2D eigenvalue weighted by atomic mass is 9.99. The topological polar surface area (TPSA) is 57.9 Å². The number of thiocarbonyl (C=S) groups is 1. The monoisotopic (exact) mass is 524 g/mol. The van der Waals surface area contributed by atoms with Crippen LogP contribution in [0.3, 0.4) is 0 Å². The number of hydrogen-bond donors (Lipinski definition) is 0. The van der Waals surface area contributed by atoms with Crippen molar-refractivity contribution >= 4 is 63.3 Å². The standard InChI is InChI=1S/C26H25ClN4O2S2/c1-16-9-11-29(12-10-16)23-19(24(32)30-14-17(2)7-8-22(30)28-23)13-21-25(33)31(26(34)35-21)15-18-5-3-4-6-20(18)27/h3-8,13-14,16H,9-12,15H2,1-2H3. The molecule has 180 valence electrons. The third-order valence-corrected chi connectivity index (χ3v) is 8.25. The quantitative estimate of drug-likeness (QED) is 0.341. The van der Waals surface area contributed by atoms with Crippen LogP contribution in [-0.2, 0) is 11.3 Å². The van der Waals surface area contributed by atoms with Crippen LogP contribution in [0, 0.1) is 12.8 Å². The molecule has 1 amide bonds. The molecule has 0 N–H and O–H groups in total. The lowest BCUT2D eigenvalue weighted by Crippen LogP contribution is -2.36. The Balaban J connectivity index is 1.57. The van der Waals surface area contributed by atoms with E-state index in [1.54, 1.807) is 22.7 Å². The molecule has 2 aromatic heterocycles. The average Bonchev–Trinajstić information content (AvgIpc) is 3.10. The summed E-state index contributed by atoms with van der Waals surface area (Å²) in [4.78, 5) is 36.0. The highest BCUT2D eigenvalue weighted by molar-refractivity contribution is 8.26. The number of aryl methyl sites for hydroxylation is 1. The van der Waals surface area contributed by atoms with Crippen LogP contribution in [0.1, 0.15) is 36.5 Å². The molecule has 2 fully saturated rings. The highest BCUT2D eigenvalue weighted by Gasteiger charge is 2.33. The Morgan fingerprint density at radius 1 is 1.17 bits per heavy atom. The van der Waals surface area contributed by atoms with Gasteiger partial charge in [0.25, 0.3) is 11.5 Å². The van der Waals surface area contributed by atoms with Crippen LogP contribution >= 0.6 is 35.6 Å². The number of fused-ring (bicyclic) bond motifs is 1. The Bertz CT molecular complexity index is 1430. The van der Waals surface area contributed by atoms with E-state index in [4.69, 9.17) is 28.8 Å². The predicted molar refractivity (Wildman–Crippen MR) is 147 cm³/mol. The molecule has 9 heteroatoms. The summed E-state index contributed by atoms with van der Waals surface area (Å²) in [6, 6.07) is 11.2. The van der Waals surface area contributed by atoms with Gasteiger partial charge in [0.05, 0.1) is 17.0 Å². The lowest BCUT2D eigenvalue weighted by molar-refractivity contribution is -0.122. The van der Waals surface area contributed by atoms with E-state index >= 15 is 0 Å².